The highest BCUT2D eigenvalue weighted by molar-refractivity contribution is 6.31. The van der Waals surface area contributed by atoms with Crippen molar-refractivity contribution in [1.29, 1.82) is 0 Å². The van der Waals surface area contributed by atoms with Crippen molar-refractivity contribution in [2.75, 3.05) is 29.6 Å². The van der Waals surface area contributed by atoms with E-state index in [4.69, 9.17) is 11.6 Å². The minimum Gasteiger partial charge on any atom is -0.377 e. The quantitative estimate of drug-likeness (QED) is 0.522. The highest BCUT2D eigenvalue weighted by atomic mass is 35.5. The summed E-state index contributed by atoms with van der Waals surface area (Å²) >= 11 is 6.11. The number of nitrogens with zero attached hydrogens (tertiary/aromatic N) is 2. The second kappa shape index (κ2) is 9.95. The van der Waals surface area contributed by atoms with Gasteiger partial charge in [-0.25, -0.2) is 4.79 Å². The van der Waals surface area contributed by atoms with Gasteiger partial charge in [-0.1, -0.05) is 23.7 Å². The Balaban J connectivity index is 1.73. The van der Waals surface area contributed by atoms with E-state index in [1.54, 1.807) is 42.7 Å². The molecule has 0 spiro atoms. The number of anilines is 3. The lowest BCUT2D eigenvalue weighted by Crippen LogP contribution is -2.26. The van der Waals surface area contributed by atoms with Crippen LogP contribution in [0.5, 0.6) is 0 Å². The van der Waals surface area contributed by atoms with Crippen LogP contribution in [0.15, 0.2) is 60.9 Å². The number of urea groups is 1. The molecule has 3 N–H and O–H groups in total. The average Bonchev–Trinajstić information content (AvgIpc) is 2.75. The van der Waals surface area contributed by atoms with Crippen molar-refractivity contribution < 1.29 is 9.59 Å². The van der Waals surface area contributed by atoms with E-state index in [1.165, 1.54) is 0 Å². The van der Waals surface area contributed by atoms with E-state index in [0.29, 0.717) is 28.5 Å². The molecular weight excluding hydrogens is 414 g/mol. The van der Waals surface area contributed by atoms with Gasteiger partial charge in [0.25, 0.3) is 5.91 Å². The van der Waals surface area contributed by atoms with Gasteiger partial charge in [0.15, 0.2) is 0 Å². The first-order chi connectivity index (χ1) is 14.8. The molecule has 1 heterocycles. The zero-order valence-electron chi connectivity index (χ0n) is 17.6. The molecule has 7 nitrogen and oxygen atoms in total. The van der Waals surface area contributed by atoms with Crippen LogP contribution in [0, 0.1) is 6.92 Å². The fourth-order valence-electron chi connectivity index (χ4n) is 2.93. The minimum absolute atomic E-state index is 0.248. The summed E-state index contributed by atoms with van der Waals surface area (Å²) < 4.78 is 0. The van der Waals surface area contributed by atoms with Crippen LogP contribution in [0.4, 0.5) is 21.9 Å². The van der Waals surface area contributed by atoms with Crippen molar-refractivity contribution in [2.24, 2.45) is 0 Å². The number of aryl methyl sites for hydroxylation is 1. The standard InChI is InChI=1S/C23H24ClN5O2/c1-15-6-7-18(12-20(15)24)28-23(31)27-17-8-9-21(29(2)3)19(11-17)22(30)26-14-16-5-4-10-25-13-16/h4-13H,14H2,1-3H3,(H,26,30)(H2,27,28,31). The second-order valence-corrected chi connectivity index (χ2v) is 7.62. The molecule has 31 heavy (non-hydrogen) atoms. The number of amides is 3. The Labute approximate surface area is 186 Å². The highest BCUT2D eigenvalue weighted by Crippen LogP contribution is 2.24. The molecule has 0 fully saturated rings. The molecule has 3 amide bonds. The van der Waals surface area contributed by atoms with Crippen LogP contribution in [-0.4, -0.2) is 31.0 Å². The van der Waals surface area contributed by atoms with Crippen LogP contribution in [0.1, 0.15) is 21.5 Å². The van der Waals surface area contributed by atoms with Crippen LogP contribution >= 0.6 is 11.6 Å². The van der Waals surface area contributed by atoms with Gasteiger partial charge in [0.05, 0.1) is 5.56 Å². The van der Waals surface area contributed by atoms with Crippen molar-refractivity contribution in [3.63, 3.8) is 0 Å². The van der Waals surface area contributed by atoms with E-state index in [-0.39, 0.29) is 5.91 Å². The van der Waals surface area contributed by atoms with Gasteiger partial charge in [-0.05, 0) is 54.4 Å². The third kappa shape index (κ3) is 5.96. The predicted octanol–water partition coefficient (Wildman–Crippen LogP) is 4.68. The molecule has 0 saturated carbocycles. The van der Waals surface area contributed by atoms with E-state index in [1.807, 2.05) is 44.1 Å². The summed E-state index contributed by atoms with van der Waals surface area (Å²) in [6, 6.07) is 13.7. The van der Waals surface area contributed by atoms with E-state index in [2.05, 4.69) is 20.9 Å². The monoisotopic (exact) mass is 437 g/mol. The maximum Gasteiger partial charge on any atom is 0.323 e. The third-order valence-electron chi connectivity index (χ3n) is 4.59. The van der Waals surface area contributed by atoms with Crippen molar-refractivity contribution >= 4 is 40.6 Å². The van der Waals surface area contributed by atoms with Gasteiger partial charge in [0, 0.05) is 55.1 Å². The Morgan fingerprint density at radius 3 is 2.39 bits per heavy atom. The molecule has 0 unspecified atom stereocenters. The molecular formula is C23H24ClN5O2. The average molecular weight is 438 g/mol. The molecule has 8 heteroatoms. The summed E-state index contributed by atoms with van der Waals surface area (Å²) in [5.74, 6) is -0.248. The topological polar surface area (TPSA) is 86.4 Å². The first-order valence-electron chi connectivity index (χ1n) is 9.66. The van der Waals surface area contributed by atoms with Crippen molar-refractivity contribution in [2.45, 2.75) is 13.5 Å². The van der Waals surface area contributed by atoms with E-state index in [9.17, 15) is 9.59 Å². The third-order valence-corrected chi connectivity index (χ3v) is 4.99. The summed E-state index contributed by atoms with van der Waals surface area (Å²) in [6.45, 7) is 2.24. The predicted molar refractivity (Wildman–Crippen MR) is 125 cm³/mol. The number of hydrogen-bond donors (Lipinski definition) is 3. The fourth-order valence-corrected chi connectivity index (χ4v) is 3.11. The van der Waals surface area contributed by atoms with Crippen molar-refractivity contribution in [1.82, 2.24) is 10.3 Å². The SMILES string of the molecule is Cc1ccc(NC(=O)Nc2ccc(N(C)C)c(C(=O)NCc3cccnc3)c2)cc1Cl. The number of carbonyl (C=O) groups excluding carboxylic acids is 2. The molecule has 0 bridgehead atoms. The van der Waals surface area contributed by atoms with Crippen LogP contribution in [0.25, 0.3) is 0 Å². The Kier molecular flexibility index (Phi) is 7.10. The molecule has 0 saturated heterocycles. The molecule has 0 radical (unpaired) electrons. The van der Waals surface area contributed by atoms with Gasteiger partial charge in [0.1, 0.15) is 0 Å². The van der Waals surface area contributed by atoms with Gasteiger partial charge >= 0.3 is 6.03 Å². The largest absolute Gasteiger partial charge is 0.377 e. The van der Waals surface area contributed by atoms with E-state index in [0.717, 1.165) is 16.8 Å². The second-order valence-electron chi connectivity index (χ2n) is 7.21. The van der Waals surface area contributed by atoms with Crippen molar-refractivity contribution in [3.05, 3.63) is 82.6 Å². The summed E-state index contributed by atoms with van der Waals surface area (Å²) in [5.41, 5.74) is 4.08. The number of benzene rings is 2. The highest BCUT2D eigenvalue weighted by Gasteiger charge is 2.15. The van der Waals surface area contributed by atoms with Gasteiger partial charge in [-0.15, -0.1) is 0 Å². The lowest BCUT2D eigenvalue weighted by Gasteiger charge is -2.18. The van der Waals surface area contributed by atoms with Crippen molar-refractivity contribution in [3.8, 4) is 0 Å². The number of rotatable bonds is 6. The molecule has 1 aromatic heterocycles. The summed E-state index contributed by atoms with van der Waals surface area (Å²) in [4.78, 5) is 31.1. The first kappa shape index (κ1) is 22.1. The number of carbonyl (C=O) groups is 2. The Hall–Kier alpha value is -3.58. The van der Waals surface area contributed by atoms with Crippen LogP contribution in [0.2, 0.25) is 5.02 Å². The molecule has 0 aliphatic heterocycles. The Morgan fingerprint density at radius 2 is 1.74 bits per heavy atom. The van der Waals surface area contributed by atoms with Gasteiger partial charge in [-0.3, -0.25) is 9.78 Å². The lowest BCUT2D eigenvalue weighted by atomic mass is 10.1. The Morgan fingerprint density at radius 1 is 1.03 bits per heavy atom. The fraction of sp³-hybridized carbons (Fsp3) is 0.174. The smallest absolute Gasteiger partial charge is 0.323 e. The molecule has 160 valence electrons. The molecule has 0 aliphatic rings. The maximum absolute atomic E-state index is 12.8. The molecule has 3 aromatic rings. The van der Waals surface area contributed by atoms with Gasteiger partial charge < -0.3 is 20.9 Å². The minimum atomic E-state index is -0.431. The van der Waals surface area contributed by atoms with Crippen LogP contribution in [-0.2, 0) is 6.54 Å². The number of aromatic nitrogens is 1. The number of hydrogen-bond acceptors (Lipinski definition) is 4. The van der Waals surface area contributed by atoms with Crippen LogP contribution < -0.4 is 20.9 Å². The summed E-state index contributed by atoms with van der Waals surface area (Å²) in [7, 11) is 3.71. The number of halogens is 1. The molecule has 3 rings (SSSR count). The van der Waals surface area contributed by atoms with Gasteiger partial charge in [0.2, 0.25) is 0 Å². The van der Waals surface area contributed by atoms with E-state index >= 15 is 0 Å². The summed E-state index contributed by atoms with van der Waals surface area (Å²) in [6.07, 6.45) is 3.38. The van der Waals surface area contributed by atoms with Crippen LogP contribution in [0.3, 0.4) is 0 Å². The lowest BCUT2D eigenvalue weighted by molar-refractivity contribution is 0.0951. The molecule has 0 aliphatic carbocycles. The zero-order chi connectivity index (χ0) is 22.4. The number of pyridine rings is 1. The maximum atomic E-state index is 12.8. The molecule has 2 aromatic carbocycles. The van der Waals surface area contributed by atoms with E-state index < -0.39 is 6.03 Å². The molecule has 0 atom stereocenters. The zero-order valence-corrected chi connectivity index (χ0v) is 18.3. The Bertz CT molecular complexity index is 1090. The number of nitrogens with one attached hydrogen (secondary N) is 3. The normalized spacial score (nSPS) is 10.3. The first-order valence-corrected chi connectivity index (χ1v) is 10.0. The summed E-state index contributed by atoms with van der Waals surface area (Å²) in [5, 5.41) is 8.96. The van der Waals surface area contributed by atoms with Gasteiger partial charge in [-0.2, -0.15) is 0 Å².